The number of nitrogens with zero attached hydrogens (tertiary/aromatic N) is 2. The van der Waals surface area contributed by atoms with Crippen molar-refractivity contribution in [1.82, 2.24) is 14.5 Å². The van der Waals surface area contributed by atoms with Gasteiger partial charge in [0.25, 0.3) is 11.5 Å². The van der Waals surface area contributed by atoms with E-state index in [9.17, 15) is 14.4 Å². The van der Waals surface area contributed by atoms with Gasteiger partial charge in [-0.2, -0.15) is 0 Å². The van der Waals surface area contributed by atoms with Gasteiger partial charge in [0.15, 0.2) is 0 Å². The molecule has 0 saturated heterocycles. The number of nitrogens with one attached hydrogen (secondary N) is 1. The summed E-state index contributed by atoms with van der Waals surface area (Å²) in [6.07, 6.45) is 3.48. The molecule has 0 fully saturated rings. The quantitative estimate of drug-likeness (QED) is 0.512. The van der Waals surface area contributed by atoms with Crippen molar-refractivity contribution in [3.8, 4) is 17.2 Å². The van der Waals surface area contributed by atoms with E-state index in [4.69, 9.17) is 9.47 Å². The average Bonchev–Trinajstić information content (AvgIpc) is 2.84. The maximum atomic E-state index is 13.3. The first-order valence-corrected chi connectivity index (χ1v) is 10.9. The van der Waals surface area contributed by atoms with Gasteiger partial charge in [-0.1, -0.05) is 43.7 Å². The van der Waals surface area contributed by atoms with Gasteiger partial charge in [0, 0.05) is 19.3 Å². The third-order valence-corrected chi connectivity index (χ3v) is 5.35. The van der Waals surface area contributed by atoms with Crippen LogP contribution < -0.4 is 26.0 Å². The van der Waals surface area contributed by atoms with E-state index in [-0.39, 0.29) is 5.56 Å². The Hall–Kier alpha value is -3.81. The normalized spacial score (nSPS) is 10.6. The third kappa shape index (κ3) is 5.34. The molecule has 0 aliphatic rings. The maximum Gasteiger partial charge on any atom is 0.335 e. The summed E-state index contributed by atoms with van der Waals surface area (Å²) in [5.41, 5.74) is -0.0595. The number of aryl methyl sites for hydroxylation is 1. The summed E-state index contributed by atoms with van der Waals surface area (Å²) in [6, 6.07) is 14.3. The van der Waals surface area contributed by atoms with E-state index in [1.54, 1.807) is 31.4 Å². The molecule has 1 aromatic heterocycles. The molecule has 3 aromatic rings. The molecule has 2 aromatic carbocycles. The van der Waals surface area contributed by atoms with Gasteiger partial charge < -0.3 is 14.8 Å². The SMILES string of the molecule is CCCCn1cc(C(=O)NCCc2ccccc2OC)c(=O)n(-c2ccccc2OC)c1=O. The van der Waals surface area contributed by atoms with Crippen molar-refractivity contribution in [2.45, 2.75) is 32.7 Å². The first-order valence-electron chi connectivity index (χ1n) is 10.9. The smallest absolute Gasteiger partial charge is 0.335 e. The number of carbonyl (C=O) groups excluding carboxylic acids is 1. The summed E-state index contributed by atoms with van der Waals surface area (Å²) in [6.45, 7) is 2.71. The van der Waals surface area contributed by atoms with Crippen molar-refractivity contribution in [3.63, 3.8) is 0 Å². The number of benzene rings is 2. The molecule has 8 heteroatoms. The van der Waals surface area contributed by atoms with Crippen molar-refractivity contribution >= 4 is 5.91 Å². The second-order valence-electron chi connectivity index (χ2n) is 7.50. The van der Waals surface area contributed by atoms with Crippen molar-refractivity contribution in [3.05, 3.63) is 86.7 Å². The van der Waals surface area contributed by atoms with Crippen LogP contribution in [0.2, 0.25) is 0 Å². The van der Waals surface area contributed by atoms with Crippen LogP contribution in [0.4, 0.5) is 0 Å². The van der Waals surface area contributed by atoms with E-state index in [2.05, 4.69) is 5.32 Å². The van der Waals surface area contributed by atoms with Crippen molar-refractivity contribution in [2.75, 3.05) is 20.8 Å². The van der Waals surface area contributed by atoms with Gasteiger partial charge in [-0.25, -0.2) is 9.36 Å². The molecule has 174 valence electrons. The fraction of sp³-hybridized carbons (Fsp3) is 0.320. The topological polar surface area (TPSA) is 91.6 Å². The first-order chi connectivity index (χ1) is 16.0. The zero-order chi connectivity index (χ0) is 23.8. The molecule has 3 rings (SSSR count). The summed E-state index contributed by atoms with van der Waals surface area (Å²) >= 11 is 0. The number of methoxy groups -OCH3 is 2. The van der Waals surface area contributed by atoms with Gasteiger partial charge in [0.05, 0.1) is 19.9 Å². The Morgan fingerprint density at radius 2 is 1.64 bits per heavy atom. The zero-order valence-corrected chi connectivity index (χ0v) is 19.2. The van der Waals surface area contributed by atoms with Crippen molar-refractivity contribution in [2.24, 2.45) is 0 Å². The molecule has 0 radical (unpaired) electrons. The van der Waals surface area contributed by atoms with Crippen LogP contribution in [0.1, 0.15) is 35.7 Å². The molecule has 0 spiro atoms. The number of unbranched alkanes of at least 4 members (excludes halogenated alkanes) is 1. The van der Waals surface area contributed by atoms with Gasteiger partial charge in [-0.3, -0.25) is 14.2 Å². The Morgan fingerprint density at radius 1 is 0.970 bits per heavy atom. The predicted octanol–water partition coefficient (Wildman–Crippen LogP) is 2.79. The minimum Gasteiger partial charge on any atom is -0.496 e. The minimum absolute atomic E-state index is 0.100. The highest BCUT2D eigenvalue weighted by Crippen LogP contribution is 2.20. The second kappa shape index (κ2) is 11.2. The number of ether oxygens (including phenoxy) is 2. The zero-order valence-electron chi connectivity index (χ0n) is 19.2. The number of carbonyl (C=O) groups is 1. The highest BCUT2D eigenvalue weighted by molar-refractivity contribution is 5.93. The molecule has 0 saturated carbocycles. The largest absolute Gasteiger partial charge is 0.496 e. The average molecular weight is 452 g/mol. The lowest BCUT2D eigenvalue weighted by atomic mass is 10.1. The Labute approximate surface area is 192 Å². The molecule has 33 heavy (non-hydrogen) atoms. The highest BCUT2D eigenvalue weighted by Gasteiger charge is 2.20. The van der Waals surface area contributed by atoms with Crippen LogP contribution >= 0.6 is 0 Å². The molecular formula is C25H29N3O5. The van der Waals surface area contributed by atoms with Gasteiger partial charge >= 0.3 is 5.69 Å². The van der Waals surface area contributed by atoms with Gasteiger partial charge in [0.1, 0.15) is 17.1 Å². The molecule has 0 atom stereocenters. The number of aromatic nitrogens is 2. The molecule has 0 unspecified atom stereocenters. The Bertz CT molecular complexity index is 1230. The fourth-order valence-corrected chi connectivity index (χ4v) is 3.59. The van der Waals surface area contributed by atoms with Crippen LogP contribution in [-0.2, 0) is 13.0 Å². The van der Waals surface area contributed by atoms with Crippen LogP contribution in [-0.4, -0.2) is 35.8 Å². The minimum atomic E-state index is -0.688. The lowest BCUT2D eigenvalue weighted by Gasteiger charge is -2.15. The number of hydrogen-bond donors (Lipinski definition) is 1. The van der Waals surface area contributed by atoms with Crippen LogP contribution in [0.25, 0.3) is 5.69 Å². The van der Waals surface area contributed by atoms with Crippen LogP contribution in [0.15, 0.2) is 64.3 Å². The van der Waals surface area contributed by atoms with Crippen LogP contribution in [0.3, 0.4) is 0 Å². The molecule has 1 heterocycles. The highest BCUT2D eigenvalue weighted by atomic mass is 16.5. The van der Waals surface area contributed by atoms with Crippen molar-refractivity contribution in [1.29, 1.82) is 0 Å². The summed E-state index contributed by atoms with van der Waals surface area (Å²) in [5, 5.41) is 2.80. The summed E-state index contributed by atoms with van der Waals surface area (Å²) in [5.74, 6) is 0.564. The first kappa shape index (κ1) is 23.8. The Morgan fingerprint density at radius 3 is 2.33 bits per heavy atom. The molecule has 8 nitrogen and oxygen atoms in total. The van der Waals surface area contributed by atoms with Crippen LogP contribution in [0.5, 0.6) is 11.5 Å². The van der Waals surface area contributed by atoms with E-state index in [1.165, 1.54) is 17.9 Å². The maximum absolute atomic E-state index is 13.3. The van der Waals surface area contributed by atoms with E-state index in [1.807, 2.05) is 31.2 Å². The van der Waals surface area contributed by atoms with E-state index < -0.39 is 17.2 Å². The van der Waals surface area contributed by atoms with Crippen molar-refractivity contribution < 1.29 is 14.3 Å². The number of amides is 1. The summed E-state index contributed by atoms with van der Waals surface area (Å²) < 4.78 is 13.1. The standard InChI is InChI=1S/C25H29N3O5/c1-4-5-16-27-17-19(23(29)26-15-14-18-10-6-8-12-21(18)32-2)24(30)28(25(27)31)20-11-7-9-13-22(20)33-3/h6-13,17H,4-5,14-16H2,1-3H3,(H,26,29). The van der Waals surface area contributed by atoms with E-state index >= 15 is 0 Å². The Kier molecular flexibility index (Phi) is 8.07. The fourth-order valence-electron chi connectivity index (χ4n) is 3.59. The summed E-state index contributed by atoms with van der Waals surface area (Å²) in [7, 11) is 3.06. The number of rotatable bonds is 10. The second-order valence-corrected chi connectivity index (χ2v) is 7.50. The predicted molar refractivity (Wildman–Crippen MR) is 127 cm³/mol. The lowest BCUT2D eigenvalue weighted by molar-refractivity contribution is 0.0951. The van der Waals surface area contributed by atoms with E-state index in [0.29, 0.717) is 30.9 Å². The lowest BCUT2D eigenvalue weighted by Crippen LogP contribution is -2.43. The summed E-state index contributed by atoms with van der Waals surface area (Å²) in [4.78, 5) is 39.4. The molecular weight excluding hydrogens is 422 g/mol. The molecule has 0 bridgehead atoms. The van der Waals surface area contributed by atoms with Gasteiger partial charge in [-0.15, -0.1) is 0 Å². The third-order valence-electron chi connectivity index (χ3n) is 5.35. The monoisotopic (exact) mass is 451 g/mol. The molecule has 0 aliphatic heterocycles. The number of hydrogen-bond acceptors (Lipinski definition) is 5. The molecule has 1 N–H and O–H groups in total. The number of para-hydroxylation sites is 3. The van der Waals surface area contributed by atoms with Gasteiger partial charge in [-0.05, 0) is 36.6 Å². The Balaban J connectivity index is 1.96. The molecule has 1 amide bonds. The van der Waals surface area contributed by atoms with E-state index in [0.717, 1.165) is 28.7 Å². The van der Waals surface area contributed by atoms with Gasteiger partial charge in [0.2, 0.25) is 0 Å². The van der Waals surface area contributed by atoms with Crippen LogP contribution in [0, 0.1) is 0 Å². The molecule has 0 aliphatic carbocycles.